The molecular formula is C11H24O2. The molecule has 1 N–H and O–H groups in total. The van der Waals surface area contributed by atoms with Crippen LogP contribution >= 0.6 is 0 Å². The molecular weight excluding hydrogens is 164 g/mol. The molecule has 0 fully saturated rings. The number of methoxy groups -OCH3 is 1. The summed E-state index contributed by atoms with van der Waals surface area (Å²) in [5, 5.41) is 9.45. The molecule has 0 aliphatic rings. The highest BCUT2D eigenvalue weighted by Crippen LogP contribution is 2.34. The van der Waals surface area contributed by atoms with E-state index in [4.69, 9.17) is 4.74 Å². The summed E-state index contributed by atoms with van der Waals surface area (Å²) in [7, 11) is 1.70. The van der Waals surface area contributed by atoms with E-state index in [1.165, 1.54) is 0 Å². The van der Waals surface area contributed by atoms with E-state index in [1.807, 2.05) is 0 Å². The van der Waals surface area contributed by atoms with Crippen LogP contribution in [0.1, 0.15) is 34.1 Å². The van der Waals surface area contributed by atoms with Gasteiger partial charge in [0.2, 0.25) is 0 Å². The van der Waals surface area contributed by atoms with E-state index in [0.717, 1.165) is 6.42 Å². The van der Waals surface area contributed by atoms with Gasteiger partial charge in [0.15, 0.2) is 0 Å². The van der Waals surface area contributed by atoms with Crippen molar-refractivity contribution in [3.05, 3.63) is 0 Å². The first-order chi connectivity index (χ1) is 5.98. The summed E-state index contributed by atoms with van der Waals surface area (Å²) in [6, 6.07) is 0. The Balaban J connectivity index is 4.44. The molecule has 0 rings (SSSR count). The van der Waals surface area contributed by atoms with Gasteiger partial charge in [-0.2, -0.15) is 0 Å². The van der Waals surface area contributed by atoms with Gasteiger partial charge in [0.25, 0.3) is 0 Å². The number of hydrogen-bond acceptors (Lipinski definition) is 2. The second kappa shape index (κ2) is 5.61. The molecule has 0 saturated heterocycles. The Morgan fingerprint density at radius 3 is 2.00 bits per heavy atom. The van der Waals surface area contributed by atoms with Gasteiger partial charge < -0.3 is 9.84 Å². The number of aliphatic hydroxyl groups excluding tert-OH is 1. The quantitative estimate of drug-likeness (QED) is 0.693. The fourth-order valence-corrected chi connectivity index (χ4v) is 1.85. The maximum atomic E-state index is 9.45. The van der Waals surface area contributed by atoms with E-state index in [-0.39, 0.29) is 12.0 Å². The Labute approximate surface area is 82.3 Å². The number of rotatable bonds is 6. The van der Waals surface area contributed by atoms with Gasteiger partial charge in [-0.25, -0.2) is 0 Å². The minimum atomic E-state index is -0.0527. The Kier molecular flexibility index (Phi) is 5.57. The zero-order chi connectivity index (χ0) is 10.5. The monoisotopic (exact) mass is 188 g/mol. The van der Waals surface area contributed by atoms with Crippen LogP contribution in [0.15, 0.2) is 0 Å². The van der Waals surface area contributed by atoms with E-state index in [9.17, 15) is 5.11 Å². The van der Waals surface area contributed by atoms with Crippen molar-refractivity contribution >= 4 is 0 Å². The summed E-state index contributed by atoms with van der Waals surface area (Å²) in [6.07, 6.45) is 1.02. The summed E-state index contributed by atoms with van der Waals surface area (Å²) in [5.41, 5.74) is -0.0527. The molecule has 0 spiro atoms. The largest absolute Gasteiger partial charge is 0.396 e. The van der Waals surface area contributed by atoms with Gasteiger partial charge in [-0.1, -0.05) is 27.7 Å². The number of hydrogen-bond donors (Lipinski definition) is 1. The molecule has 0 radical (unpaired) electrons. The first kappa shape index (κ1) is 12.9. The third-order valence-corrected chi connectivity index (χ3v) is 2.79. The van der Waals surface area contributed by atoms with E-state index in [2.05, 4.69) is 27.7 Å². The Morgan fingerprint density at radius 2 is 1.77 bits per heavy atom. The van der Waals surface area contributed by atoms with Crippen molar-refractivity contribution < 1.29 is 9.84 Å². The van der Waals surface area contributed by atoms with Gasteiger partial charge in [-0.05, 0) is 18.3 Å². The highest BCUT2D eigenvalue weighted by Gasteiger charge is 2.33. The average molecular weight is 188 g/mol. The van der Waals surface area contributed by atoms with Crippen LogP contribution < -0.4 is 0 Å². The SMILES string of the molecule is COCC(CO)(CC(C)C)C(C)C. The molecule has 0 aromatic carbocycles. The molecule has 0 saturated carbocycles. The molecule has 1 atom stereocenters. The maximum absolute atomic E-state index is 9.45. The Bertz CT molecular complexity index is 132. The topological polar surface area (TPSA) is 29.5 Å². The lowest BCUT2D eigenvalue weighted by molar-refractivity contribution is -0.0187. The van der Waals surface area contributed by atoms with E-state index >= 15 is 0 Å². The van der Waals surface area contributed by atoms with Crippen LogP contribution in [0.25, 0.3) is 0 Å². The van der Waals surface area contributed by atoms with E-state index < -0.39 is 0 Å². The predicted octanol–water partition coefficient (Wildman–Crippen LogP) is 2.31. The zero-order valence-corrected chi connectivity index (χ0v) is 9.63. The summed E-state index contributed by atoms with van der Waals surface area (Å²) in [6.45, 7) is 9.54. The normalized spacial score (nSPS) is 16.6. The molecule has 1 unspecified atom stereocenters. The molecule has 2 nitrogen and oxygen atoms in total. The van der Waals surface area contributed by atoms with Crippen LogP contribution in [0.2, 0.25) is 0 Å². The average Bonchev–Trinajstić information content (AvgIpc) is 2.02. The molecule has 0 heterocycles. The molecule has 2 heteroatoms. The Hall–Kier alpha value is -0.0800. The minimum Gasteiger partial charge on any atom is -0.396 e. The maximum Gasteiger partial charge on any atom is 0.0543 e. The lowest BCUT2D eigenvalue weighted by Crippen LogP contribution is -2.37. The van der Waals surface area contributed by atoms with E-state index in [0.29, 0.717) is 18.4 Å². The van der Waals surface area contributed by atoms with Gasteiger partial charge in [0.05, 0.1) is 13.2 Å². The van der Waals surface area contributed by atoms with Crippen molar-refractivity contribution in [3.63, 3.8) is 0 Å². The molecule has 0 aromatic heterocycles. The molecule has 0 aromatic rings. The second-order valence-corrected chi connectivity index (χ2v) is 4.71. The fourth-order valence-electron chi connectivity index (χ4n) is 1.85. The lowest BCUT2D eigenvalue weighted by atomic mass is 9.73. The third kappa shape index (κ3) is 3.65. The highest BCUT2D eigenvalue weighted by atomic mass is 16.5. The minimum absolute atomic E-state index is 0.0527. The van der Waals surface area contributed by atoms with Crippen molar-refractivity contribution in [1.82, 2.24) is 0 Å². The second-order valence-electron chi connectivity index (χ2n) is 4.71. The summed E-state index contributed by atoms with van der Waals surface area (Å²) < 4.78 is 5.20. The van der Waals surface area contributed by atoms with Crippen LogP contribution in [0.4, 0.5) is 0 Å². The first-order valence-corrected chi connectivity index (χ1v) is 5.08. The van der Waals surface area contributed by atoms with Crippen molar-refractivity contribution in [2.45, 2.75) is 34.1 Å². The number of aliphatic hydroxyl groups is 1. The van der Waals surface area contributed by atoms with Gasteiger partial charge in [-0.15, -0.1) is 0 Å². The standard InChI is InChI=1S/C11H24O2/c1-9(2)6-11(7-12,8-13-5)10(3)4/h9-10,12H,6-8H2,1-5H3. The smallest absolute Gasteiger partial charge is 0.0543 e. The summed E-state index contributed by atoms with van der Waals surface area (Å²) in [4.78, 5) is 0. The third-order valence-electron chi connectivity index (χ3n) is 2.79. The van der Waals surface area contributed by atoms with Gasteiger partial charge in [-0.3, -0.25) is 0 Å². The summed E-state index contributed by atoms with van der Waals surface area (Å²) in [5.74, 6) is 1.06. The lowest BCUT2D eigenvalue weighted by Gasteiger charge is -2.36. The van der Waals surface area contributed by atoms with Gasteiger partial charge >= 0.3 is 0 Å². The molecule has 0 aliphatic heterocycles. The number of ether oxygens (including phenoxy) is 1. The van der Waals surface area contributed by atoms with Crippen molar-refractivity contribution in [1.29, 1.82) is 0 Å². The van der Waals surface area contributed by atoms with Crippen molar-refractivity contribution in [2.24, 2.45) is 17.3 Å². The molecule has 0 amide bonds. The fraction of sp³-hybridized carbons (Fsp3) is 1.00. The summed E-state index contributed by atoms with van der Waals surface area (Å²) >= 11 is 0. The molecule has 13 heavy (non-hydrogen) atoms. The molecule has 80 valence electrons. The molecule has 0 bridgehead atoms. The van der Waals surface area contributed by atoms with Crippen LogP contribution in [-0.2, 0) is 4.74 Å². The first-order valence-electron chi connectivity index (χ1n) is 5.08. The van der Waals surface area contributed by atoms with Crippen molar-refractivity contribution in [3.8, 4) is 0 Å². The van der Waals surface area contributed by atoms with E-state index in [1.54, 1.807) is 7.11 Å². The van der Waals surface area contributed by atoms with Crippen LogP contribution in [0, 0.1) is 17.3 Å². The van der Waals surface area contributed by atoms with Crippen LogP contribution in [0.5, 0.6) is 0 Å². The van der Waals surface area contributed by atoms with Gasteiger partial charge in [0.1, 0.15) is 0 Å². The highest BCUT2D eigenvalue weighted by molar-refractivity contribution is 4.82. The zero-order valence-electron chi connectivity index (χ0n) is 9.63. The van der Waals surface area contributed by atoms with Crippen LogP contribution in [-0.4, -0.2) is 25.4 Å². The predicted molar refractivity (Wildman–Crippen MR) is 55.7 cm³/mol. The Morgan fingerprint density at radius 1 is 1.23 bits per heavy atom. The van der Waals surface area contributed by atoms with Crippen LogP contribution in [0.3, 0.4) is 0 Å². The van der Waals surface area contributed by atoms with Crippen molar-refractivity contribution in [2.75, 3.05) is 20.3 Å². The van der Waals surface area contributed by atoms with Gasteiger partial charge in [0, 0.05) is 12.5 Å². The molecule has 0 aliphatic carbocycles.